The molecule has 0 aliphatic carbocycles. The zero-order chi connectivity index (χ0) is 14.1. The highest BCUT2D eigenvalue weighted by atomic mass is 16.1. The van der Waals surface area contributed by atoms with Crippen molar-refractivity contribution in [1.82, 2.24) is 19.7 Å². The molecule has 3 rings (SSSR count). The van der Waals surface area contributed by atoms with Crippen molar-refractivity contribution in [3.63, 3.8) is 0 Å². The predicted molar refractivity (Wildman–Crippen MR) is 78.6 cm³/mol. The van der Waals surface area contributed by atoms with E-state index in [2.05, 4.69) is 22.0 Å². The molecule has 0 bridgehead atoms. The van der Waals surface area contributed by atoms with Gasteiger partial charge in [0.25, 0.3) is 5.56 Å². The van der Waals surface area contributed by atoms with Crippen molar-refractivity contribution in [2.45, 2.75) is 19.8 Å². The van der Waals surface area contributed by atoms with E-state index >= 15 is 0 Å². The fourth-order valence-electron chi connectivity index (χ4n) is 2.44. The van der Waals surface area contributed by atoms with E-state index in [1.54, 1.807) is 24.1 Å². The average Bonchev–Trinajstić information content (AvgIpc) is 2.74. The fraction of sp³-hybridized carbons (Fsp3) is 0.267. The first-order chi connectivity index (χ1) is 9.70. The minimum Gasteiger partial charge on any atom is -0.271 e. The summed E-state index contributed by atoms with van der Waals surface area (Å²) in [7, 11) is 1.80. The van der Waals surface area contributed by atoms with E-state index in [0.717, 1.165) is 29.7 Å². The molecule has 0 aliphatic rings. The quantitative estimate of drug-likeness (QED) is 0.792. The molecule has 0 aromatic carbocycles. The molecule has 102 valence electrons. The first-order valence-electron chi connectivity index (χ1n) is 6.69. The largest absolute Gasteiger partial charge is 0.273 e. The Morgan fingerprint density at radius 1 is 1.30 bits per heavy atom. The Morgan fingerprint density at radius 3 is 2.75 bits per heavy atom. The van der Waals surface area contributed by atoms with Gasteiger partial charge in [-0.25, -0.2) is 4.98 Å². The lowest BCUT2D eigenvalue weighted by atomic mass is 10.0. The van der Waals surface area contributed by atoms with Crippen LogP contribution in [-0.2, 0) is 13.5 Å². The third-order valence-corrected chi connectivity index (χ3v) is 3.39. The van der Waals surface area contributed by atoms with Crippen LogP contribution >= 0.6 is 0 Å². The van der Waals surface area contributed by atoms with Gasteiger partial charge in [0, 0.05) is 25.0 Å². The molecule has 0 spiro atoms. The SMILES string of the molecule is CCCc1nc2c(cc1-c1ccncc1)c(=O)[nH]n2C. The van der Waals surface area contributed by atoms with E-state index in [-0.39, 0.29) is 5.56 Å². The first-order valence-corrected chi connectivity index (χ1v) is 6.69. The van der Waals surface area contributed by atoms with Crippen LogP contribution in [0.25, 0.3) is 22.2 Å². The Balaban J connectivity index is 2.31. The summed E-state index contributed by atoms with van der Waals surface area (Å²) in [5, 5.41) is 3.37. The van der Waals surface area contributed by atoms with E-state index in [1.807, 2.05) is 18.2 Å². The molecule has 3 heterocycles. The minimum atomic E-state index is -0.103. The molecule has 0 unspecified atom stereocenters. The number of aromatic nitrogens is 4. The normalized spacial score (nSPS) is 11.1. The molecule has 0 saturated heterocycles. The summed E-state index contributed by atoms with van der Waals surface area (Å²) in [6.07, 6.45) is 5.40. The molecule has 3 aromatic rings. The Bertz CT molecular complexity index is 802. The van der Waals surface area contributed by atoms with Crippen LogP contribution in [0.3, 0.4) is 0 Å². The summed E-state index contributed by atoms with van der Waals surface area (Å²) in [4.78, 5) is 20.6. The molecule has 5 heteroatoms. The van der Waals surface area contributed by atoms with Crippen molar-refractivity contribution >= 4 is 11.0 Å². The Kier molecular flexibility index (Phi) is 3.10. The number of hydrogen-bond acceptors (Lipinski definition) is 3. The summed E-state index contributed by atoms with van der Waals surface area (Å²) in [5.74, 6) is 0. The van der Waals surface area contributed by atoms with Gasteiger partial charge in [0.1, 0.15) is 0 Å². The van der Waals surface area contributed by atoms with Gasteiger partial charge in [0.15, 0.2) is 5.65 Å². The lowest BCUT2D eigenvalue weighted by molar-refractivity contribution is 0.769. The number of pyridine rings is 2. The fourth-order valence-corrected chi connectivity index (χ4v) is 2.44. The molecule has 0 atom stereocenters. The molecule has 0 aliphatic heterocycles. The lowest BCUT2D eigenvalue weighted by Crippen LogP contribution is -2.01. The van der Waals surface area contributed by atoms with Crippen molar-refractivity contribution in [2.24, 2.45) is 7.05 Å². The minimum absolute atomic E-state index is 0.103. The molecular formula is C15H16N4O. The van der Waals surface area contributed by atoms with E-state index in [4.69, 9.17) is 0 Å². The standard InChI is InChI=1S/C15H16N4O/c1-3-4-13-11(10-5-7-16-8-6-10)9-12-14(17-13)19(2)18-15(12)20/h5-9H,3-4H2,1-2H3,(H,18,20). The molecule has 0 saturated carbocycles. The van der Waals surface area contributed by atoms with Crippen LogP contribution in [0.2, 0.25) is 0 Å². The average molecular weight is 268 g/mol. The topological polar surface area (TPSA) is 63.6 Å². The van der Waals surface area contributed by atoms with Crippen LogP contribution in [0.5, 0.6) is 0 Å². The van der Waals surface area contributed by atoms with Gasteiger partial charge in [-0.05, 0) is 30.2 Å². The highest BCUT2D eigenvalue weighted by molar-refractivity contribution is 5.82. The Morgan fingerprint density at radius 2 is 2.05 bits per heavy atom. The first kappa shape index (κ1) is 12.6. The van der Waals surface area contributed by atoms with E-state index in [1.165, 1.54) is 0 Å². The van der Waals surface area contributed by atoms with Crippen molar-refractivity contribution in [1.29, 1.82) is 0 Å². The van der Waals surface area contributed by atoms with E-state index < -0.39 is 0 Å². The van der Waals surface area contributed by atoms with Gasteiger partial charge < -0.3 is 0 Å². The van der Waals surface area contributed by atoms with Crippen LogP contribution in [0.15, 0.2) is 35.4 Å². The second kappa shape index (κ2) is 4.92. The molecule has 1 N–H and O–H groups in total. The highest BCUT2D eigenvalue weighted by Crippen LogP contribution is 2.25. The molecule has 0 amide bonds. The summed E-state index contributed by atoms with van der Waals surface area (Å²) >= 11 is 0. The van der Waals surface area contributed by atoms with Crippen LogP contribution in [0.4, 0.5) is 0 Å². The highest BCUT2D eigenvalue weighted by Gasteiger charge is 2.13. The van der Waals surface area contributed by atoms with Gasteiger partial charge >= 0.3 is 0 Å². The van der Waals surface area contributed by atoms with Gasteiger partial charge in [-0.15, -0.1) is 0 Å². The number of nitrogens with one attached hydrogen (secondary N) is 1. The maximum Gasteiger partial charge on any atom is 0.273 e. The smallest absolute Gasteiger partial charge is 0.271 e. The number of rotatable bonds is 3. The molecule has 0 fully saturated rings. The number of aromatic amines is 1. The van der Waals surface area contributed by atoms with Crippen molar-refractivity contribution < 1.29 is 0 Å². The van der Waals surface area contributed by atoms with Gasteiger partial charge in [0.2, 0.25) is 0 Å². The van der Waals surface area contributed by atoms with Gasteiger partial charge in [-0.2, -0.15) is 0 Å². The van der Waals surface area contributed by atoms with E-state index in [0.29, 0.717) is 11.0 Å². The zero-order valence-corrected chi connectivity index (χ0v) is 11.6. The molecule has 0 radical (unpaired) electrons. The Labute approximate surface area is 116 Å². The second-order valence-electron chi connectivity index (χ2n) is 4.84. The summed E-state index contributed by atoms with van der Waals surface area (Å²) in [5.41, 5.74) is 3.67. The number of fused-ring (bicyclic) bond motifs is 1. The van der Waals surface area contributed by atoms with Crippen LogP contribution in [0.1, 0.15) is 19.0 Å². The molecule has 5 nitrogen and oxygen atoms in total. The third kappa shape index (κ3) is 2.01. The van der Waals surface area contributed by atoms with Crippen LogP contribution in [0, 0.1) is 0 Å². The predicted octanol–water partition coefficient (Wildman–Crippen LogP) is 2.28. The Hall–Kier alpha value is -2.43. The van der Waals surface area contributed by atoms with Crippen molar-refractivity contribution in [3.05, 3.63) is 46.6 Å². The lowest BCUT2D eigenvalue weighted by Gasteiger charge is -2.08. The van der Waals surface area contributed by atoms with Gasteiger partial charge in [0.05, 0.1) is 11.1 Å². The van der Waals surface area contributed by atoms with Gasteiger partial charge in [-0.3, -0.25) is 19.6 Å². The van der Waals surface area contributed by atoms with Crippen molar-refractivity contribution in [2.75, 3.05) is 0 Å². The maximum absolute atomic E-state index is 11.9. The van der Waals surface area contributed by atoms with Crippen molar-refractivity contribution in [3.8, 4) is 11.1 Å². The summed E-state index contributed by atoms with van der Waals surface area (Å²) in [6, 6.07) is 5.82. The summed E-state index contributed by atoms with van der Waals surface area (Å²) in [6.45, 7) is 2.12. The van der Waals surface area contributed by atoms with E-state index in [9.17, 15) is 4.79 Å². The van der Waals surface area contributed by atoms with Crippen LogP contribution < -0.4 is 5.56 Å². The summed E-state index contributed by atoms with van der Waals surface area (Å²) < 4.78 is 1.67. The molecular weight excluding hydrogens is 252 g/mol. The maximum atomic E-state index is 11.9. The van der Waals surface area contributed by atoms with Crippen LogP contribution in [-0.4, -0.2) is 19.7 Å². The second-order valence-corrected chi connectivity index (χ2v) is 4.84. The molecule has 20 heavy (non-hydrogen) atoms. The number of H-pyrrole nitrogens is 1. The number of aryl methyl sites for hydroxylation is 2. The number of hydrogen-bond donors (Lipinski definition) is 1. The zero-order valence-electron chi connectivity index (χ0n) is 11.6. The molecule has 3 aromatic heterocycles. The van der Waals surface area contributed by atoms with Gasteiger partial charge in [-0.1, -0.05) is 13.3 Å². The number of nitrogens with zero attached hydrogens (tertiary/aromatic N) is 3. The monoisotopic (exact) mass is 268 g/mol. The third-order valence-electron chi connectivity index (χ3n) is 3.39.